The molecule has 0 bridgehead atoms. The van der Waals surface area contributed by atoms with Gasteiger partial charge in [-0.15, -0.1) is 0 Å². The SMILES string of the molecule is Cc1nc(-c2ccccc2)[nH]c(=O)c1/C=C(/NC(=O)c1ccccc1)C(=O)O. The Morgan fingerprint density at radius 3 is 2.21 bits per heavy atom. The highest BCUT2D eigenvalue weighted by molar-refractivity contribution is 6.02. The molecule has 0 spiro atoms. The number of carboxylic acid groups (broad SMARTS) is 1. The molecule has 0 saturated heterocycles. The summed E-state index contributed by atoms with van der Waals surface area (Å²) in [6.07, 6.45) is 1.11. The third-order valence-corrected chi connectivity index (χ3v) is 4.00. The minimum absolute atomic E-state index is 0.0606. The van der Waals surface area contributed by atoms with Crippen molar-refractivity contribution in [1.29, 1.82) is 0 Å². The van der Waals surface area contributed by atoms with Gasteiger partial charge in [-0.25, -0.2) is 9.78 Å². The number of aryl methyl sites for hydroxylation is 1. The normalized spacial score (nSPS) is 11.1. The Kier molecular flexibility index (Phi) is 5.45. The fourth-order valence-electron chi connectivity index (χ4n) is 2.58. The van der Waals surface area contributed by atoms with Gasteiger partial charge in [0.05, 0.1) is 11.3 Å². The minimum atomic E-state index is -1.37. The number of hydrogen-bond donors (Lipinski definition) is 3. The molecule has 1 aromatic heterocycles. The summed E-state index contributed by atoms with van der Waals surface area (Å²) in [5, 5.41) is 11.8. The van der Waals surface area contributed by atoms with Gasteiger partial charge in [0, 0.05) is 11.1 Å². The highest BCUT2D eigenvalue weighted by Crippen LogP contribution is 2.15. The maximum Gasteiger partial charge on any atom is 0.352 e. The molecule has 0 saturated carbocycles. The number of rotatable bonds is 5. The molecular formula is C21H17N3O4. The molecule has 0 aliphatic rings. The number of aliphatic carboxylic acids is 1. The van der Waals surface area contributed by atoms with Crippen molar-refractivity contribution in [2.45, 2.75) is 6.92 Å². The van der Waals surface area contributed by atoms with Gasteiger partial charge in [-0.05, 0) is 25.1 Å². The van der Waals surface area contributed by atoms with Crippen molar-refractivity contribution in [3.05, 3.63) is 93.5 Å². The highest BCUT2D eigenvalue weighted by Gasteiger charge is 2.16. The van der Waals surface area contributed by atoms with E-state index in [-0.39, 0.29) is 5.56 Å². The number of hydrogen-bond acceptors (Lipinski definition) is 4. The van der Waals surface area contributed by atoms with Gasteiger partial charge in [-0.1, -0.05) is 48.5 Å². The fourth-order valence-corrected chi connectivity index (χ4v) is 2.58. The minimum Gasteiger partial charge on any atom is -0.477 e. The first kappa shape index (κ1) is 18.8. The maximum atomic E-state index is 12.5. The molecule has 3 N–H and O–H groups in total. The molecule has 2 aromatic carbocycles. The van der Waals surface area contributed by atoms with Crippen LogP contribution >= 0.6 is 0 Å². The second kappa shape index (κ2) is 8.13. The molecule has 3 aromatic rings. The quantitative estimate of drug-likeness (QED) is 0.594. The zero-order chi connectivity index (χ0) is 20.1. The molecule has 28 heavy (non-hydrogen) atoms. The number of aromatic amines is 1. The van der Waals surface area contributed by atoms with Crippen molar-refractivity contribution in [3.8, 4) is 11.4 Å². The number of carbonyl (C=O) groups excluding carboxylic acids is 1. The first-order chi connectivity index (χ1) is 13.5. The van der Waals surface area contributed by atoms with Crippen LogP contribution in [0.4, 0.5) is 0 Å². The van der Waals surface area contributed by atoms with Gasteiger partial charge in [0.25, 0.3) is 11.5 Å². The highest BCUT2D eigenvalue weighted by atomic mass is 16.4. The summed E-state index contributed by atoms with van der Waals surface area (Å²) < 4.78 is 0. The van der Waals surface area contributed by atoms with E-state index < -0.39 is 23.1 Å². The Bertz CT molecular complexity index is 1100. The van der Waals surface area contributed by atoms with Crippen LogP contribution in [0.3, 0.4) is 0 Å². The van der Waals surface area contributed by atoms with Crippen LogP contribution in [0.2, 0.25) is 0 Å². The molecule has 0 unspecified atom stereocenters. The number of amides is 1. The van der Waals surface area contributed by atoms with Gasteiger partial charge in [-0.3, -0.25) is 9.59 Å². The summed E-state index contributed by atoms with van der Waals surface area (Å²) in [6, 6.07) is 17.3. The predicted molar refractivity (Wildman–Crippen MR) is 105 cm³/mol. The zero-order valence-electron chi connectivity index (χ0n) is 15.0. The standard InChI is InChI=1S/C21H17N3O4/c1-13-16(20(26)24-18(22-13)14-8-4-2-5-9-14)12-17(21(27)28)23-19(25)15-10-6-3-7-11-15/h2-12H,1H3,(H,23,25)(H,27,28)(H,22,24,26)/b17-12+. The molecule has 7 nitrogen and oxygen atoms in total. The van der Waals surface area contributed by atoms with Gasteiger partial charge in [-0.2, -0.15) is 0 Å². The van der Waals surface area contributed by atoms with Crippen LogP contribution in [0.15, 0.2) is 71.2 Å². The summed E-state index contributed by atoms with van der Waals surface area (Å²) in [4.78, 5) is 43.3. The van der Waals surface area contributed by atoms with E-state index in [0.717, 1.165) is 11.6 Å². The monoisotopic (exact) mass is 375 g/mol. The Morgan fingerprint density at radius 2 is 1.64 bits per heavy atom. The number of nitrogens with zero attached hydrogens (tertiary/aromatic N) is 1. The molecule has 1 amide bonds. The average molecular weight is 375 g/mol. The topological polar surface area (TPSA) is 112 Å². The molecule has 0 radical (unpaired) electrons. The van der Waals surface area contributed by atoms with E-state index in [2.05, 4.69) is 15.3 Å². The van der Waals surface area contributed by atoms with Crippen molar-refractivity contribution in [1.82, 2.24) is 15.3 Å². The molecule has 0 aliphatic carbocycles. The number of benzene rings is 2. The lowest BCUT2D eigenvalue weighted by Crippen LogP contribution is -2.28. The lowest BCUT2D eigenvalue weighted by Gasteiger charge is -2.08. The summed E-state index contributed by atoms with van der Waals surface area (Å²) >= 11 is 0. The first-order valence-electron chi connectivity index (χ1n) is 8.43. The Hall–Kier alpha value is -4.00. The lowest BCUT2D eigenvalue weighted by atomic mass is 10.1. The Balaban J connectivity index is 1.96. The van der Waals surface area contributed by atoms with Crippen LogP contribution in [0, 0.1) is 6.92 Å². The van der Waals surface area contributed by atoms with Crippen molar-refractivity contribution < 1.29 is 14.7 Å². The number of carbonyl (C=O) groups is 2. The van der Waals surface area contributed by atoms with Crippen LogP contribution in [0.5, 0.6) is 0 Å². The zero-order valence-corrected chi connectivity index (χ0v) is 15.0. The molecule has 1 heterocycles. The van der Waals surface area contributed by atoms with E-state index in [9.17, 15) is 19.5 Å². The molecule has 0 atom stereocenters. The number of nitrogens with one attached hydrogen (secondary N) is 2. The van der Waals surface area contributed by atoms with Gasteiger partial charge < -0.3 is 15.4 Å². The van der Waals surface area contributed by atoms with E-state index in [1.165, 1.54) is 0 Å². The largest absolute Gasteiger partial charge is 0.477 e. The van der Waals surface area contributed by atoms with Crippen LogP contribution in [0.25, 0.3) is 17.5 Å². The van der Waals surface area contributed by atoms with Gasteiger partial charge in [0.1, 0.15) is 11.5 Å². The van der Waals surface area contributed by atoms with Crippen LogP contribution < -0.4 is 10.9 Å². The summed E-state index contributed by atoms with van der Waals surface area (Å²) in [7, 11) is 0. The number of carboxylic acids is 1. The van der Waals surface area contributed by atoms with Crippen molar-refractivity contribution in [2.75, 3.05) is 0 Å². The lowest BCUT2D eigenvalue weighted by molar-refractivity contribution is -0.132. The summed E-state index contributed by atoms with van der Waals surface area (Å²) in [5.74, 6) is -1.57. The number of H-pyrrole nitrogens is 1. The first-order valence-corrected chi connectivity index (χ1v) is 8.43. The average Bonchev–Trinajstić information content (AvgIpc) is 2.70. The predicted octanol–water partition coefficient (Wildman–Crippen LogP) is 2.60. The van der Waals surface area contributed by atoms with Crippen LogP contribution in [-0.4, -0.2) is 27.0 Å². The fraction of sp³-hybridized carbons (Fsp3) is 0.0476. The van der Waals surface area contributed by atoms with Crippen molar-refractivity contribution >= 4 is 18.0 Å². The maximum absolute atomic E-state index is 12.5. The van der Waals surface area contributed by atoms with Crippen molar-refractivity contribution in [3.63, 3.8) is 0 Å². The van der Waals surface area contributed by atoms with Gasteiger partial charge in [0.2, 0.25) is 0 Å². The molecule has 0 aliphatic heterocycles. The van der Waals surface area contributed by atoms with E-state index >= 15 is 0 Å². The van der Waals surface area contributed by atoms with Crippen LogP contribution in [-0.2, 0) is 4.79 Å². The van der Waals surface area contributed by atoms with Crippen molar-refractivity contribution in [2.24, 2.45) is 0 Å². The summed E-state index contributed by atoms with van der Waals surface area (Å²) in [5.41, 5.74) is 0.517. The van der Waals surface area contributed by atoms with Gasteiger partial charge >= 0.3 is 5.97 Å². The summed E-state index contributed by atoms with van der Waals surface area (Å²) in [6.45, 7) is 1.60. The molecule has 0 fully saturated rings. The second-order valence-corrected chi connectivity index (χ2v) is 5.96. The van der Waals surface area contributed by atoms with E-state index in [1.54, 1.807) is 49.4 Å². The smallest absolute Gasteiger partial charge is 0.352 e. The second-order valence-electron chi connectivity index (χ2n) is 5.96. The Morgan fingerprint density at radius 1 is 1.04 bits per heavy atom. The third-order valence-electron chi connectivity index (χ3n) is 4.00. The Labute approximate surface area is 160 Å². The molecule has 7 heteroatoms. The third kappa shape index (κ3) is 4.21. The van der Waals surface area contributed by atoms with E-state index in [0.29, 0.717) is 17.1 Å². The van der Waals surface area contributed by atoms with E-state index in [4.69, 9.17) is 0 Å². The van der Waals surface area contributed by atoms with E-state index in [1.807, 2.05) is 18.2 Å². The molecule has 140 valence electrons. The number of aromatic nitrogens is 2. The van der Waals surface area contributed by atoms with Crippen LogP contribution in [0.1, 0.15) is 21.6 Å². The molecular weight excluding hydrogens is 358 g/mol. The van der Waals surface area contributed by atoms with Gasteiger partial charge in [0.15, 0.2) is 0 Å². The molecule has 3 rings (SSSR count).